The van der Waals surface area contributed by atoms with E-state index in [1.165, 1.54) is 24.3 Å². The fourth-order valence-corrected chi connectivity index (χ4v) is 3.39. The Balaban J connectivity index is 1.32. The number of likely N-dealkylation sites (tertiary alicyclic amines) is 1. The summed E-state index contributed by atoms with van der Waals surface area (Å²) in [5.74, 6) is 1.10. The molecule has 4 rings (SSSR count). The minimum absolute atomic E-state index is 0.0958. The molecule has 2 aromatic heterocycles. The van der Waals surface area contributed by atoms with Crippen molar-refractivity contribution in [2.75, 3.05) is 13.1 Å². The zero-order chi connectivity index (χ0) is 21.1. The fourth-order valence-electron chi connectivity index (χ4n) is 3.39. The minimum atomic E-state index is -0.649. The predicted molar refractivity (Wildman–Crippen MR) is 105 cm³/mol. The molecular weight excluding hydrogens is 389 g/mol. The second-order valence-electron chi connectivity index (χ2n) is 7.31. The Hall–Kier alpha value is -3.36. The Morgan fingerprint density at radius 1 is 1.20 bits per heavy atom. The highest BCUT2D eigenvalue weighted by Gasteiger charge is 2.30. The first-order valence-electron chi connectivity index (χ1n) is 9.83. The van der Waals surface area contributed by atoms with Crippen molar-refractivity contribution in [3.63, 3.8) is 0 Å². The summed E-state index contributed by atoms with van der Waals surface area (Å²) in [6.07, 6.45) is 4.07. The average molecular weight is 411 g/mol. The average Bonchev–Trinajstić information content (AvgIpc) is 3.26. The van der Waals surface area contributed by atoms with Gasteiger partial charge in [0.1, 0.15) is 17.3 Å². The van der Waals surface area contributed by atoms with Crippen LogP contribution in [0, 0.1) is 12.7 Å². The van der Waals surface area contributed by atoms with Gasteiger partial charge in [0.05, 0.1) is 11.9 Å². The number of hydrogen-bond donors (Lipinski definition) is 0. The van der Waals surface area contributed by atoms with Crippen LogP contribution in [0.3, 0.4) is 0 Å². The van der Waals surface area contributed by atoms with Crippen LogP contribution < -0.4 is 4.74 Å². The Morgan fingerprint density at radius 3 is 2.60 bits per heavy atom. The van der Waals surface area contributed by atoms with Gasteiger partial charge in [-0.3, -0.25) is 9.78 Å². The highest BCUT2D eigenvalue weighted by atomic mass is 19.1. The number of amides is 1. The monoisotopic (exact) mass is 411 g/mol. The molecule has 0 unspecified atom stereocenters. The van der Waals surface area contributed by atoms with Crippen LogP contribution in [-0.4, -0.2) is 50.1 Å². The second kappa shape index (κ2) is 8.56. The molecule has 1 aromatic carbocycles. The van der Waals surface area contributed by atoms with E-state index in [1.807, 2.05) is 6.92 Å². The number of piperidine rings is 1. The maximum absolute atomic E-state index is 13.0. The molecule has 0 bridgehead atoms. The minimum Gasteiger partial charge on any atom is -0.481 e. The van der Waals surface area contributed by atoms with Gasteiger partial charge < -0.3 is 14.2 Å². The zero-order valence-electron chi connectivity index (χ0n) is 16.8. The Kier molecular flexibility index (Phi) is 5.69. The predicted octanol–water partition coefficient (Wildman–Crippen LogP) is 3.15. The number of halogens is 1. The van der Waals surface area contributed by atoms with Gasteiger partial charge in [0.25, 0.3) is 11.8 Å². The SMILES string of the molecule is Cc1cnc(-c2nc(C3CCN(C(=O)[C@@H](C)Oc4ccc(F)cc4)CC3)no2)cn1. The van der Waals surface area contributed by atoms with Crippen LogP contribution in [-0.2, 0) is 4.79 Å². The number of aromatic nitrogens is 4. The molecule has 156 valence electrons. The van der Waals surface area contributed by atoms with E-state index < -0.39 is 6.10 Å². The number of hydrogen-bond acceptors (Lipinski definition) is 7. The van der Waals surface area contributed by atoms with Crippen molar-refractivity contribution in [3.05, 3.63) is 54.0 Å². The number of carbonyl (C=O) groups excluding carboxylic acids is 1. The van der Waals surface area contributed by atoms with Gasteiger partial charge in [-0.1, -0.05) is 5.16 Å². The molecule has 0 saturated carbocycles. The highest BCUT2D eigenvalue weighted by molar-refractivity contribution is 5.81. The summed E-state index contributed by atoms with van der Waals surface area (Å²) in [7, 11) is 0. The van der Waals surface area contributed by atoms with E-state index >= 15 is 0 Å². The Labute approximate surface area is 173 Å². The van der Waals surface area contributed by atoms with Crippen molar-refractivity contribution >= 4 is 5.91 Å². The number of benzene rings is 1. The summed E-state index contributed by atoms with van der Waals surface area (Å²) >= 11 is 0. The molecule has 0 radical (unpaired) electrons. The molecule has 3 aromatic rings. The van der Waals surface area contributed by atoms with Gasteiger partial charge in [0, 0.05) is 25.2 Å². The first kappa shape index (κ1) is 19.9. The van der Waals surface area contributed by atoms with E-state index in [-0.39, 0.29) is 17.6 Å². The van der Waals surface area contributed by atoms with Crippen LogP contribution in [0.25, 0.3) is 11.6 Å². The maximum atomic E-state index is 13.0. The van der Waals surface area contributed by atoms with E-state index in [1.54, 1.807) is 24.2 Å². The lowest BCUT2D eigenvalue weighted by molar-refractivity contribution is -0.139. The van der Waals surface area contributed by atoms with Crippen LogP contribution >= 0.6 is 0 Å². The summed E-state index contributed by atoms with van der Waals surface area (Å²) in [5, 5.41) is 4.09. The Bertz CT molecular complexity index is 998. The van der Waals surface area contributed by atoms with Crippen molar-refractivity contribution in [1.82, 2.24) is 25.0 Å². The lowest BCUT2D eigenvalue weighted by atomic mass is 9.96. The Morgan fingerprint density at radius 2 is 1.93 bits per heavy atom. The maximum Gasteiger partial charge on any atom is 0.278 e. The number of rotatable bonds is 5. The van der Waals surface area contributed by atoms with Gasteiger partial charge in [0.15, 0.2) is 11.9 Å². The van der Waals surface area contributed by atoms with Crippen LogP contribution in [0.4, 0.5) is 4.39 Å². The van der Waals surface area contributed by atoms with Crippen LogP contribution in [0.1, 0.15) is 37.2 Å². The molecule has 1 aliphatic rings. The van der Waals surface area contributed by atoms with Gasteiger partial charge in [-0.2, -0.15) is 4.98 Å². The van der Waals surface area contributed by atoms with Crippen molar-refractivity contribution in [1.29, 1.82) is 0 Å². The number of aryl methyl sites for hydroxylation is 1. The topological polar surface area (TPSA) is 94.2 Å². The fraction of sp³-hybridized carbons (Fsp3) is 0.381. The smallest absolute Gasteiger partial charge is 0.278 e. The number of nitrogens with zero attached hydrogens (tertiary/aromatic N) is 5. The molecule has 3 heterocycles. The molecule has 1 fully saturated rings. The molecule has 0 spiro atoms. The third-order valence-electron chi connectivity index (χ3n) is 5.09. The first-order chi connectivity index (χ1) is 14.5. The molecule has 1 atom stereocenters. The summed E-state index contributed by atoms with van der Waals surface area (Å²) in [6.45, 7) is 4.71. The third-order valence-corrected chi connectivity index (χ3v) is 5.09. The number of ether oxygens (including phenoxy) is 1. The lowest BCUT2D eigenvalue weighted by Crippen LogP contribution is -2.44. The molecule has 0 aliphatic carbocycles. The van der Waals surface area contributed by atoms with Crippen molar-refractivity contribution in [2.24, 2.45) is 0 Å². The molecular formula is C21H22FN5O3. The standard InChI is InChI=1S/C21H22FN5O3/c1-13-11-24-18(12-23-13)20-25-19(26-30-20)15-7-9-27(10-8-15)21(28)14(2)29-17-5-3-16(22)4-6-17/h3-6,11-12,14-15H,7-10H2,1-2H3/t14-/m1/s1. The lowest BCUT2D eigenvalue weighted by Gasteiger charge is -2.32. The molecule has 8 nitrogen and oxygen atoms in total. The highest BCUT2D eigenvalue weighted by Crippen LogP contribution is 2.28. The van der Waals surface area contributed by atoms with Gasteiger partial charge in [-0.05, 0) is 51.0 Å². The van der Waals surface area contributed by atoms with Crippen molar-refractivity contribution in [3.8, 4) is 17.3 Å². The van der Waals surface area contributed by atoms with E-state index in [0.717, 1.165) is 18.5 Å². The molecule has 1 amide bonds. The van der Waals surface area contributed by atoms with Crippen LogP contribution in [0.5, 0.6) is 5.75 Å². The molecule has 30 heavy (non-hydrogen) atoms. The van der Waals surface area contributed by atoms with Gasteiger partial charge in [0.2, 0.25) is 0 Å². The molecule has 1 saturated heterocycles. The first-order valence-corrected chi connectivity index (χ1v) is 9.83. The van der Waals surface area contributed by atoms with Crippen molar-refractivity contribution < 1.29 is 18.4 Å². The summed E-state index contributed by atoms with van der Waals surface area (Å²) < 4.78 is 24.0. The van der Waals surface area contributed by atoms with E-state index in [2.05, 4.69) is 20.1 Å². The summed E-state index contributed by atoms with van der Waals surface area (Å²) in [5.41, 5.74) is 1.35. The van der Waals surface area contributed by atoms with Crippen LogP contribution in [0.15, 0.2) is 41.2 Å². The van der Waals surface area contributed by atoms with E-state index in [0.29, 0.717) is 36.2 Å². The van der Waals surface area contributed by atoms with Gasteiger partial charge >= 0.3 is 0 Å². The summed E-state index contributed by atoms with van der Waals surface area (Å²) in [6, 6.07) is 5.63. The molecule has 1 aliphatic heterocycles. The zero-order valence-corrected chi connectivity index (χ0v) is 16.8. The normalized spacial score (nSPS) is 15.8. The molecule has 0 N–H and O–H groups in total. The van der Waals surface area contributed by atoms with E-state index in [4.69, 9.17) is 9.26 Å². The van der Waals surface area contributed by atoms with Crippen LogP contribution in [0.2, 0.25) is 0 Å². The third kappa shape index (κ3) is 4.45. The van der Waals surface area contributed by atoms with Gasteiger partial charge in [-0.15, -0.1) is 0 Å². The van der Waals surface area contributed by atoms with E-state index in [9.17, 15) is 9.18 Å². The summed E-state index contributed by atoms with van der Waals surface area (Å²) in [4.78, 5) is 27.4. The largest absolute Gasteiger partial charge is 0.481 e. The second-order valence-corrected chi connectivity index (χ2v) is 7.31. The molecule has 9 heteroatoms. The quantitative estimate of drug-likeness (QED) is 0.636. The van der Waals surface area contributed by atoms with Crippen molar-refractivity contribution in [2.45, 2.75) is 38.7 Å². The number of carbonyl (C=O) groups is 1. The van der Waals surface area contributed by atoms with Gasteiger partial charge in [-0.25, -0.2) is 9.37 Å².